The monoisotopic (exact) mass is 290 g/mol. The van der Waals surface area contributed by atoms with Crippen molar-refractivity contribution in [2.75, 3.05) is 39.5 Å². The Morgan fingerprint density at radius 1 is 1.10 bits per heavy atom. The first-order valence-electron chi connectivity index (χ1n) is 8.48. The van der Waals surface area contributed by atoms with Crippen LogP contribution in [0.4, 0.5) is 0 Å². The number of rotatable bonds is 6. The average Bonchev–Trinajstić information content (AvgIpc) is 3.08. The van der Waals surface area contributed by atoms with Gasteiger partial charge in [0.05, 0.1) is 25.9 Å². The van der Waals surface area contributed by atoms with Crippen molar-refractivity contribution < 1.29 is 14.4 Å². The molecule has 0 saturated carbocycles. The Morgan fingerprint density at radius 3 is 2.62 bits per heavy atom. The minimum atomic E-state index is 0.477. The normalized spacial score (nSPS) is 25.0. The topological polar surface area (TPSA) is 22.9 Å². The van der Waals surface area contributed by atoms with Crippen LogP contribution >= 0.6 is 0 Å². The van der Waals surface area contributed by atoms with E-state index in [2.05, 4.69) is 30.3 Å². The maximum atomic E-state index is 5.99. The van der Waals surface area contributed by atoms with Crippen LogP contribution in [0.25, 0.3) is 0 Å². The highest BCUT2D eigenvalue weighted by Crippen LogP contribution is 2.25. The van der Waals surface area contributed by atoms with Crippen LogP contribution in [-0.4, -0.2) is 45.6 Å². The zero-order valence-corrected chi connectivity index (χ0v) is 12.9. The Hall–Kier alpha value is -0.900. The molecule has 1 N–H and O–H groups in total. The van der Waals surface area contributed by atoms with E-state index in [1.165, 1.54) is 44.5 Å². The smallest absolute Gasteiger partial charge is 0.101 e. The number of morpholine rings is 1. The second-order valence-electron chi connectivity index (χ2n) is 6.40. The van der Waals surface area contributed by atoms with Crippen LogP contribution in [-0.2, 0) is 15.9 Å². The first-order valence-corrected chi connectivity index (χ1v) is 8.48. The zero-order valence-electron chi connectivity index (χ0n) is 12.9. The Balaban J connectivity index is 1.56. The van der Waals surface area contributed by atoms with E-state index in [1.54, 1.807) is 4.90 Å². The standard InChI is InChI=1S/C18H27NO2/c1-2-5-16(6-3-1)15-17(18-7-4-12-21-18)8-9-19-10-13-20-14-11-19/h1-3,5-6,17-18H,4,7-15H2/p+1/t17-,18-/m0/s1. The van der Waals surface area contributed by atoms with Gasteiger partial charge in [0.25, 0.3) is 0 Å². The van der Waals surface area contributed by atoms with E-state index in [9.17, 15) is 0 Å². The van der Waals surface area contributed by atoms with Crippen LogP contribution in [0.1, 0.15) is 24.8 Å². The van der Waals surface area contributed by atoms with Crippen LogP contribution in [0.15, 0.2) is 30.3 Å². The molecular formula is C18H28NO2+. The molecule has 0 bridgehead atoms. The molecule has 0 aliphatic carbocycles. The molecule has 116 valence electrons. The van der Waals surface area contributed by atoms with Gasteiger partial charge in [-0.15, -0.1) is 0 Å². The van der Waals surface area contributed by atoms with Gasteiger partial charge in [0.1, 0.15) is 13.1 Å². The minimum absolute atomic E-state index is 0.477. The number of nitrogens with one attached hydrogen (secondary N) is 1. The molecule has 2 aliphatic heterocycles. The van der Waals surface area contributed by atoms with Crippen LogP contribution in [0.5, 0.6) is 0 Å². The summed E-state index contributed by atoms with van der Waals surface area (Å²) in [6.45, 7) is 6.42. The highest BCUT2D eigenvalue weighted by molar-refractivity contribution is 5.15. The number of ether oxygens (including phenoxy) is 2. The molecule has 1 aromatic carbocycles. The fourth-order valence-electron chi connectivity index (χ4n) is 3.61. The Bertz CT molecular complexity index is 397. The Morgan fingerprint density at radius 2 is 1.90 bits per heavy atom. The lowest BCUT2D eigenvalue weighted by Crippen LogP contribution is -3.14. The quantitative estimate of drug-likeness (QED) is 0.854. The van der Waals surface area contributed by atoms with Crippen molar-refractivity contribution in [2.45, 2.75) is 31.8 Å². The van der Waals surface area contributed by atoms with E-state index >= 15 is 0 Å². The molecule has 0 aromatic heterocycles. The summed E-state index contributed by atoms with van der Waals surface area (Å²) in [7, 11) is 0. The van der Waals surface area contributed by atoms with Gasteiger partial charge in [-0.2, -0.15) is 0 Å². The lowest BCUT2D eigenvalue weighted by Gasteiger charge is -2.28. The fourth-order valence-corrected chi connectivity index (χ4v) is 3.61. The summed E-state index contributed by atoms with van der Waals surface area (Å²) in [6, 6.07) is 10.9. The van der Waals surface area contributed by atoms with Gasteiger partial charge in [-0.05, 0) is 30.7 Å². The van der Waals surface area contributed by atoms with E-state index < -0.39 is 0 Å². The van der Waals surface area contributed by atoms with Gasteiger partial charge in [0.2, 0.25) is 0 Å². The molecule has 0 spiro atoms. The number of hydrogen-bond donors (Lipinski definition) is 1. The fraction of sp³-hybridized carbons (Fsp3) is 0.667. The average molecular weight is 290 g/mol. The van der Waals surface area contributed by atoms with Gasteiger partial charge >= 0.3 is 0 Å². The van der Waals surface area contributed by atoms with Gasteiger partial charge in [-0.1, -0.05) is 30.3 Å². The van der Waals surface area contributed by atoms with Crippen molar-refractivity contribution in [1.29, 1.82) is 0 Å². The van der Waals surface area contributed by atoms with E-state index in [0.717, 1.165) is 26.2 Å². The molecule has 3 nitrogen and oxygen atoms in total. The van der Waals surface area contributed by atoms with Gasteiger partial charge in [0.15, 0.2) is 0 Å². The number of hydrogen-bond acceptors (Lipinski definition) is 2. The predicted molar refractivity (Wildman–Crippen MR) is 83.6 cm³/mol. The summed E-state index contributed by atoms with van der Waals surface area (Å²) in [4.78, 5) is 1.71. The van der Waals surface area contributed by atoms with Crippen molar-refractivity contribution in [3.63, 3.8) is 0 Å². The summed E-state index contributed by atoms with van der Waals surface area (Å²) in [5.41, 5.74) is 1.45. The molecule has 1 aromatic rings. The summed E-state index contributed by atoms with van der Waals surface area (Å²) in [6.07, 6.45) is 5.39. The zero-order chi connectivity index (χ0) is 14.3. The van der Waals surface area contributed by atoms with Crippen LogP contribution < -0.4 is 4.90 Å². The van der Waals surface area contributed by atoms with Gasteiger partial charge in [0, 0.05) is 13.0 Å². The van der Waals surface area contributed by atoms with Crippen molar-refractivity contribution in [1.82, 2.24) is 0 Å². The molecule has 2 atom stereocenters. The van der Waals surface area contributed by atoms with Crippen LogP contribution in [0.3, 0.4) is 0 Å². The first-order chi connectivity index (χ1) is 10.4. The molecule has 0 amide bonds. The van der Waals surface area contributed by atoms with Crippen LogP contribution in [0, 0.1) is 5.92 Å². The molecule has 2 fully saturated rings. The SMILES string of the molecule is c1ccc(C[C@H](CC[NH+]2CCOCC2)[C@@H]2CCCO2)cc1. The van der Waals surface area contributed by atoms with E-state index in [1.807, 2.05) is 0 Å². The summed E-state index contributed by atoms with van der Waals surface area (Å²) in [5.74, 6) is 0.672. The summed E-state index contributed by atoms with van der Waals surface area (Å²) in [5, 5.41) is 0. The van der Waals surface area contributed by atoms with Crippen molar-refractivity contribution >= 4 is 0 Å². The number of benzene rings is 1. The molecule has 3 rings (SSSR count). The van der Waals surface area contributed by atoms with E-state index in [0.29, 0.717) is 12.0 Å². The third-order valence-electron chi connectivity index (χ3n) is 4.90. The van der Waals surface area contributed by atoms with E-state index in [4.69, 9.17) is 9.47 Å². The maximum absolute atomic E-state index is 5.99. The number of quaternary nitrogens is 1. The first kappa shape index (κ1) is 15.0. The Kier molecular flexibility index (Phi) is 5.67. The largest absolute Gasteiger partial charge is 0.378 e. The molecule has 2 aliphatic rings. The Labute approximate surface area is 128 Å². The van der Waals surface area contributed by atoms with Gasteiger partial charge in [-0.3, -0.25) is 0 Å². The third kappa shape index (κ3) is 4.53. The summed E-state index contributed by atoms with van der Waals surface area (Å²) >= 11 is 0. The second kappa shape index (κ2) is 7.92. The molecule has 0 radical (unpaired) electrons. The molecular weight excluding hydrogens is 262 g/mol. The molecule has 2 heterocycles. The lowest BCUT2D eigenvalue weighted by atomic mass is 9.89. The van der Waals surface area contributed by atoms with Crippen molar-refractivity contribution in [3.8, 4) is 0 Å². The van der Waals surface area contributed by atoms with Gasteiger partial charge < -0.3 is 14.4 Å². The van der Waals surface area contributed by atoms with Gasteiger partial charge in [-0.25, -0.2) is 0 Å². The molecule has 0 unspecified atom stereocenters. The highest BCUT2D eigenvalue weighted by atomic mass is 16.5. The van der Waals surface area contributed by atoms with Crippen molar-refractivity contribution in [3.05, 3.63) is 35.9 Å². The summed E-state index contributed by atoms with van der Waals surface area (Å²) < 4.78 is 11.4. The highest BCUT2D eigenvalue weighted by Gasteiger charge is 2.27. The lowest BCUT2D eigenvalue weighted by molar-refractivity contribution is -0.908. The molecule has 3 heteroatoms. The van der Waals surface area contributed by atoms with E-state index in [-0.39, 0.29) is 0 Å². The minimum Gasteiger partial charge on any atom is -0.378 e. The van der Waals surface area contributed by atoms with Crippen molar-refractivity contribution in [2.24, 2.45) is 5.92 Å². The molecule has 21 heavy (non-hydrogen) atoms. The third-order valence-corrected chi connectivity index (χ3v) is 4.90. The maximum Gasteiger partial charge on any atom is 0.101 e. The predicted octanol–water partition coefficient (Wildman–Crippen LogP) is 1.33. The van der Waals surface area contributed by atoms with Crippen LogP contribution in [0.2, 0.25) is 0 Å². The molecule has 2 saturated heterocycles. The second-order valence-corrected chi connectivity index (χ2v) is 6.40.